The molecule has 1 unspecified atom stereocenters. The van der Waals surface area contributed by atoms with Gasteiger partial charge in [0.2, 0.25) is 11.6 Å². The second-order valence-electron chi connectivity index (χ2n) is 10.4. The molecule has 2 aromatic heterocycles. The van der Waals surface area contributed by atoms with Crippen LogP contribution in [0.25, 0.3) is 10.9 Å². The van der Waals surface area contributed by atoms with Crippen LogP contribution in [0.1, 0.15) is 57.8 Å². The summed E-state index contributed by atoms with van der Waals surface area (Å²) >= 11 is 0. The van der Waals surface area contributed by atoms with Crippen molar-refractivity contribution in [3.8, 4) is 5.75 Å². The Kier molecular flexibility index (Phi) is 8.82. The van der Waals surface area contributed by atoms with Crippen LogP contribution in [-0.4, -0.2) is 32.4 Å². The number of benzene rings is 2. The zero-order chi connectivity index (χ0) is 29.0. The summed E-state index contributed by atoms with van der Waals surface area (Å²) in [6.45, 7) is 7.66. The van der Waals surface area contributed by atoms with Gasteiger partial charge in [-0.15, -0.1) is 5.10 Å². The fourth-order valence-electron chi connectivity index (χ4n) is 4.78. The smallest absolute Gasteiger partial charge is 0.203 e. The van der Waals surface area contributed by atoms with Gasteiger partial charge in [-0.2, -0.15) is 8.78 Å². The highest BCUT2D eigenvalue weighted by Gasteiger charge is 2.32. The average Bonchev–Trinajstić information content (AvgIpc) is 3.41. The summed E-state index contributed by atoms with van der Waals surface area (Å²) in [6.07, 6.45) is 4.40. The molecule has 0 saturated heterocycles. The van der Waals surface area contributed by atoms with Crippen LogP contribution in [-0.2, 0) is 16.9 Å². The van der Waals surface area contributed by atoms with Gasteiger partial charge in [0.1, 0.15) is 18.3 Å². The highest BCUT2D eigenvalue weighted by atomic mass is 19.2. The number of rotatable bonds is 12. The standard InChI is InChI=1S/C29H31F4N5O2/c1-5-23(24(39)16-40-28-26(32)20(30)12-21(31)27(28)33)38-15-25(36-37-38)29(4,13-17(2)3)35-14-18-8-9-22-19(11-18)7-6-10-34-22/h6-12,15,17,23,35H,5,13-14,16H2,1-4H3/t23?,29-/m0/s1. The van der Waals surface area contributed by atoms with Crippen LogP contribution < -0.4 is 10.1 Å². The third kappa shape index (κ3) is 6.30. The van der Waals surface area contributed by atoms with Gasteiger partial charge in [-0.25, -0.2) is 13.5 Å². The van der Waals surface area contributed by atoms with Crippen molar-refractivity contribution in [3.05, 3.63) is 83.3 Å². The van der Waals surface area contributed by atoms with Crippen molar-refractivity contribution >= 4 is 16.7 Å². The maximum atomic E-state index is 14.0. The Bertz CT molecular complexity index is 1480. The van der Waals surface area contributed by atoms with Crippen LogP contribution in [0.4, 0.5) is 17.6 Å². The Morgan fingerprint density at radius 2 is 1.82 bits per heavy atom. The van der Waals surface area contributed by atoms with E-state index in [2.05, 4.69) is 40.5 Å². The molecule has 40 heavy (non-hydrogen) atoms. The van der Waals surface area contributed by atoms with Crippen molar-refractivity contribution in [3.63, 3.8) is 0 Å². The fraction of sp³-hybridized carbons (Fsp3) is 0.379. The SMILES string of the molecule is CCC(C(=O)COc1c(F)c(F)cc(F)c1F)n1cc([C@](C)(CC(C)C)NCc2ccc3ncccc3c2)nn1. The van der Waals surface area contributed by atoms with E-state index in [1.54, 1.807) is 19.3 Å². The van der Waals surface area contributed by atoms with E-state index < -0.39 is 53.0 Å². The Balaban J connectivity index is 1.51. The molecular formula is C29H31F4N5O2. The number of pyridine rings is 1. The zero-order valence-electron chi connectivity index (χ0n) is 22.7. The summed E-state index contributed by atoms with van der Waals surface area (Å²) < 4.78 is 61.2. The van der Waals surface area contributed by atoms with Crippen molar-refractivity contribution in [2.75, 3.05) is 6.61 Å². The lowest BCUT2D eigenvalue weighted by molar-refractivity contribution is -0.124. The van der Waals surface area contributed by atoms with E-state index in [0.29, 0.717) is 18.2 Å². The first-order chi connectivity index (χ1) is 19.0. The van der Waals surface area contributed by atoms with Crippen molar-refractivity contribution < 1.29 is 27.1 Å². The molecule has 0 bridgehead atoms. The zero-order valence-corrected chi connectivity index (χ0v) is 22.7. The minimum Gasteiger partial charge on any atom is -0.479 e. The lowest BCUT2D eigenvalue weighted by Gasteiger charge is -2.31. The largest absolute Gasteiger partial charge is 0.479 e. The number of ketones is 1. The Labute approximate surface area is 229 Å². The molecule has 0 saturated carbocycles. The second kappa shape index (κ2) is 12.1. The molecule has 0 spiro atoms. The molecule has 0 radical (unpaired) electrons. The number of fused-ring (bicyclic) bond motifs is 1. The van der Waals surface area contributed by atoms with Gasteiger partial charge < -0.3 is 10.1 Å². The first-order valence-corrected chi connectivity index (χ1v) is 13.0. The number of aromatic nitrogens is 4. The number of carbonyl (C=O) groups excluding carboxylic acids is 1. The topological polar surface area (TPSA) is 81.9 Å². The van der Waals surface area contributed by atoms with Gasteiger partial charge in [0.25, 0.3) is 0 Å². The first-order valence-electron chi connectivity index (χ1n) is 13.0. The Hall–Kier alpha value is -3.86. The molecular weight excluding hydrogens is 526 g/mol. The van der Waals surface area contributed by atoms with Gasteiger partial charge in [-0.05, 0) is 49.4 Å². The normalized spacial score (nSPS) is 13.9. The van der Waals surface area contributed by atoms with Gasteiger partial charge in [-0.1, -0.05) is 38.1 Å². The number of nitrogens with zero attached hydrogens (tertiary/aromatic N) is 4. The maximum Gasteiger partial charge on any atom is 0.203 e. The number of halogens is 4. The minimum absolute atomic E-state index is 0.0739. The van der Waals surface area contributed by atoms with Gasteiger partial charge in [-0.3, -0.25) is 9.78 Å². The summed E-state index contributed by atoms with van der Waals surface area (Å²) in [5, 5.41) is 13.1. The molecule has 7 nitrogen and oxygen atoms in total. The van der Waals surface area contributed by atoms with E-state index in [1.165, 1.54) is 4.68 Å². The highest BCUT2D eigenvalue weighted by Crippen LogP contribution is 2.30. The van der Waals surface area contributed by atoms with Crippen LogP contribution in [0.15, 0.2) is 48.8 Å². The summed E-state index contributed by atoms with van der Waals surface area (Å²) in [7, 11) is 0. The van der Waals surface area contributed by atoms with Crippen LogP contribution in [0.5, 0.6) is 5.75 Å². The summed E-state index contributed by atoms with van der Waals surface area (Å²) in [6, 6.07) is 9.15. The van der Waals surface area contributed by atoms with Gasteiger partial charge in [0.05, 0.1) is 17.3 Å². The third-order valence-electron chi connectivity index (χ3n) is 6.75. The van der Waals surface area contributed by atoms with E-state index in [1.807, 2.05) is 31.2 Å². The third-order valence-corrected chi connectivity index (χ3v) is 6.75. The maximum absolute atomic E-state index is 14.0. The molecule has 4 aromatic rings. The minimum atomic E-state index is -1.71. The molecule has 0 fully saturated rings. The molecule has 2 aromatic carbocycles. The number of ether oxygens (including phenoxy) is 1. The first kappa shape index (κ1) is 29.1. The fourth-order valence-corrected chi connectivity index (χ4v) is 4.78. The molecule has 0 aliphatic rings. The predicted molar refractivity (Wildman–Crippen MR) is 142 cm³/mol. The Morgan fingerprint density at radius 3 is 2.50 bits per heavy atom. The van der Waals surface area contributed by atoms with Gasteiger partial charge >= 0.3 is 0 Å². The molecule has 0 aliphatic heterocycles. The van der Waals surface area contributed by atoms with Crippen molar-refractivity contribution in [1.29, 1.82) is 0 Å². The van der Waals surface area contributed by atoms with E-state index in [4.69, 9.17) is 4.74 Å². The van der Waals surface area contributed by atoms with E-state index >= 15 is 0 Å². The summed E-state index contributed by atoms with van der Waals surface area (Å²) in [4.78, 5) is 17.3. The lowest BCUT2D eigenvalue weighted by atomic mass is 9.87. The summed E-state index contributed by atoms with van der Waals surface area (Å²) in [5.41, 5.74) is 1.99. The van der Waals surface area contributed by atoms with Crippen LogP contribution in [0, 0.1) is 29.2 Å². The van der Waals surface area contributed by atoms with Gasteiger partial charge in [0.15, 0.2) is 23.2 Å². The van der Waals surface area contributed by atoms with E-state index in [0.717, 1.165) is 22.9 Å². The number of carbonyl (C=O) groups is 1. The molecule has 1 N–H and O–H groups in total. The number of hydrogen-bond donors (Lipinski definition) is 1. The molecule has 0 aliphatic carbocycles. The molecule has 0 amide bonds. The lowest BCUT2D eigenvalue weighted by Crippen LogP contribution is -2.40. The van der Waals surface area contributed by atoms with Crippen molar-refractivity contribution in [1.82, 2.24) is 25.3 Å². The highest BCUT2D eigenvalue weighted by molar-refractivity contribution is 5.84. The molecule has 212 valence electrons. The van der Waals surface area contributed by atoms with Crippen molar-refractivity contribution in [2.24, 2.45) is 5.92 Å². The molecule has 2 atom stereocenters. The quantitative estimate of drug-likeness (QED) is 0.169. The monoisotopic (exact) mass is 557 g/mol. The summed E-state index contributed by atoms with van der Waals surface area (Å²) in [5.74, 6) is -8.22. The number of Topliss-reactive ketones (excluding diaryl/α,β-unsaturated/α-hetero) is 1. The molecule has 11 heteroatoms. The van der Waals surface area contributed by atoms with E-state index in [-0.39, 0.29) is 12.5 Å². The predicted octanol–water partition coefficient (Wildman–Crippen LogP) is 6.03. The number of hydrogen-bond acceptors (Lipinski definition) is 6. The van der Waals surface area contributed by atoms with Crippen LogP contribution in [0.3, 0.4) is 0 Å². The second-order valence-corrected chi connectivity index (χ2v) is 10.4. The van der Waals surface area contributed by atoms with Gasteiger partial charge in [0, 0.05) is 24.2 Å². The van der Waals surface area contributed by atoms with Crippen LogP contribution >= 0.6 is 0 Å². The average molecular weight is 558 g/mol. The van der Waals surface area contributed by atoms with Crippen LogP contribution in [0.2, 0.25) is 0 Å². The molecule has 4 rings (SSSR count). The van der Waals surface area contributed by atoms with E-state index in [9.17, 15) is 22.4 Å². The molecule has 2 heterocycles. The number of nitrogens with one attached hydrogen (secondary N) is 1. The van der Waals surface area contributed by atoms with Crippen molar-refractivity contribution in [2.45, 2.75) is 58.7 Å². The Morgan fingerprint density at radius 1 is 1.10 bits per heavy atom.